The van der Waals surface area contributed by atoms with Crippen molar-refractivity contribution in [3.63, 3.8) is 0 Å². The van der Waals surface area contributed by atoms with Crippen molar-refractivity contribution in [1.82, 2.24) is 0 Å². The van der Waals surface area contributed by atoms with E-state index in [1.807, 2.05) is 0 Å². The van der Waals surface area contributed by atoms with Crippen LogP contribution in [0.2, 0.25) is 0 Å². The van der Waals surface area contributed by atoms with Crippen LogP contribution in [-0.2, 0) is 6.42 Å². The van der Waals surface area contributed by atoms with E-state index in [-0.39, 0.29) is 0 Å². The van der Waals surface area contributed by atoms with E-state index in [9.17, 15) is 0 Å². The van der Waals surface area contributed by atoms with Crippen LogP contribution in [0, 0.1) is 5.92 Å². The van der Waals surface area contributed by atoms with Crippen molar-refractivity contribution in [1.29, 1.82) is 0 Å². The normalized spacial score (nSPS) is 14.6. The molecule has 1 aliphatic heterocycles. The highest BCUT2D eigenvalue weighted by atomic mass is 16.5. The van der Waals surface area contributed by atoms with Crippen LogP contribution in [0.5, 0.6) is 5.75 Å². The zero-order valence-corrected chi connectivity index (χ0v) is 12.8. The third-order valence-electron chi connectivity index (χ3n) is 4.25. The van der Waals surface area contributed by atoms with Crippen LogP contribution in [0.25, 0.3) is 0 Å². The molecule has 2 nitrogen and oxygen atoms in total. The van der Waals surface area contributed by atoms with Crippen molar-refractivity contribution in [2.75, 3.05) is 18.5 Å². The molecule has 0 aliphatic carbocycles. The lowest BCUT2D eigenvalue weighted by Gasteiger charge is -2.22. The van der Waals surface area contributed by atoms with Gasteiger partial charge in [-0.2, -0.15) is 0 Å². The Hall–Kier alpha value is -1.96. The van der Waals surface area contributed by atoms with Crippen LogP contribution in [0.4, 0.5) is 5.69 Å². The minimum atomic E-state index is 0.524. The molecule has 0 aromatic heterocycles. The first-order valence-electron chi connectivity index (χ1n) is 7.78. The quantitative estimate of drug-likeness (QED) is 0.873. The van der Waals surface area contributed by atoms with Gasteiger partial charge in [0.15, 0.2) is 0 Å². The number of ether oxygens (including phenoxy) is 1. The van der Waals surface area contributed by atoms with Crippen molar-refractivity contribution in [3.8, 4) is 5.75 Å². The summed E-state index contributed by atoms with van der Waals surface area (Å²) in [7, 11) is 0. The summed E-state index contributed by atoms with van der Waals surface area (Å²) in [6.45, 7) is 6.35. The van der Waals surface area contributed by atoms with E-state index in [0.29, 0.717) is 11.8 Å². The van der Waals surface area contributed by atoms with Gasteiger partial charge in [-0.05, 0) is 35.2 Å². The van der Waals surface area contributed by atoms with Gasteiger partial charge in [-0.15, -0.1) is 0 Å². The fraction of sp³-hybridized carbons (Fsp3) is 0.368. The predicted molar refractivity (Wildman–Crippen MR) is 88.2 cm³/mol. The van der Waals surface area contributed by atoms with E-state index in [1.165, 1.54) is 16.8 Å². The number of fused-ring (bicyclic) bond motifs is 1. The van der Waals surface area contributed by atoms with Gasteiger partial charge in [0, 0.05) is 24.6 Å². The molecule has 1 N–H and O–H groups in total. The van der Waals surface area contributed by atoms with Gasteiger partial charge in [-0.3, -0.25) is 0 Å². The van der Waals surface area contributed by atoms with Crippen molar-refractivity contribution in [2.24, 2.45) is 5.92 Å². The van der Waals surface area contributed by atoms with Gasteiger partial charge in [-0.1, -0.05) is 44.2 Å². The lowest BCUT2D eigenvalue weighted by atomic mass is 9.88. The topological polar surface area (TPSA) is 21.3 Å². The second-order valence-corrected chi connectivity index (χ2v) is 6.06. The largest absolute Gasteiger partial charge is 0.493 e. The summed E-state index contributed by atoms with van der Waals surface area (Å²) >= 11 is 0. The Labute approximate surface area is 127 Å². The lowest BCUT2D eigenvalue weighted by molar-refractivity contribution is 0.357. The van der Waals surface area contributed by atoms with Crippen molar-refractivity contribution in [2.45, 2.75) is 26.2 Å². The number of nitrogens with one attached hydrogen (secondary N) is 1. The van der Waals surface area contributed by atoms with Crippen LogP contribution in [-0.4, -0.2) is 13.2 Å². The molecule has 0 amide bonds. The fourth-order valence-corrected chi connectivity index (χ4v) is 2.96. The average Bonchev–Trinajstić information content (AvgIpc) is 2.96. The highest BCUT2D eigenvalue weighted by Gasteiger charge is 2.16. The molecule has 0 saturated carbocycles. The Bertz CT molecular complexity index is 592. The Balaban J connectivity index is 1.70. The molecule has 1 heterocycles. The summed E-state index contributed by atoms with van der Waals surface area (Å²) in [6, 6.07) is 17.2. The summed E-state index contributed by atoms with van der Waals surface area (Å²) in [5, 5.41) is 3.60. The second-order valence-electron chi connectivity index (χ2n) is 6.06. The molecule has 3 rings (SSSR count). The van der Waals surface area contributed by atoms with E-state index >= 15 is 0 Å². The predicted octanol–water partition coefficient (Wildman–Crippen LogP) is 4.47. The summed E-state index contributed by atoms with van der Waals surface area (Å²) < 4.78 is 5.56. The SMILES string of the molecule is CC(C)C(CNc1ccc2c(c1)CCO2)c1ccccc1. The molecule has 2 aromatic carbocycles. The Morgan fingerprint density at radius 2 is 1.90 bits per heavy atom. The Morgan fingerprint density at radius 1 is 1.10 bits per heavy atom. The number of anilines is 1. The minimum Gasteiger partial charge on any atom is -0.493 e. The number of rotatable bonds is 5. The van der Waals surface area contributed by atoms with E-state index in [0.717, 1.165) is 25.3 Å². The maximum Gasteiger partial charge on any atom is 0.122 e. The molecule has 110 valence electrons. The van der Waals surface area contributed by atoms with Gasteiger partial charge < -0.3 is 10.1 Å². The second kappa shape index (κ2) is 6.21. The molecule has 1 unspecified atom stereocenters. The molecule has 2 heteroatoms. The highest BCUT2D eigenvalue weighted by Crippen LogP contribution is 2.29. The molecule has 21 heavy (non-hydrogen) atoms. The van der Waals surface area contributed by atoms with E-state index in [4.69, 9.17) is 4.74 Å². The first kappa shape index (κ1) is 14.0. The molecule has 0 fully saturated rings. The van der Waals surface area contributed by atoms with Crippen LogP contribution < -0.4 is 10.1 Å². The summed E-state index contributed by atoms with van der Waals surface area (Å²) in [4.78, 5) is 0. The van der Waals surface area contributed by atoms with Crippen molar-refractivity contribution in [3.05, 3.63) is 59.7 Å². The molecule has 0 saturated heterocycles. The minimum absolute atomic E-state index is 0.524. The fourth-order valence-electron chi connectivity index (χ4n) is 2.96. The summed E-state index contributed by atoms with van der Waals surface area (Å²) in [5.41, 5.74) is 3.92. The maximum absolute atomic E-state index is 5.56. The van der Waals surface area contributed by atoms with Crippen LogP contribution in [0.1, 0.15) is 30.9 Å². The smallest absolute Gasteiger partial charge is 0.122 e. The number of hydrogen-bond acceptors (Lipinski definition) is 2. The molecule has 0 bridgehead atoms. The average molecular weight is 281 g/mol. The first-order valence-corrected chi connectivity index (χ1v) is 7.78. The van der Waals surface area contributed by atoms with E-state index < -0.39 is 0 Å². The summed E-state index contributed by atoms with van der Waals surface area (Å²) in [6.07, 6.45) is 1.02. The zero-order chi connectivity index (χ0) is 14.7. The van der Waals surface area contributed by atoms with Crippen LogP contribution in [0.3, 0.4) is 0 Å². The molecular formula is C19H23NO. The lowest BCUT2D eigenvalue weighted by Crippen LogP contribution is -2.17. The number of benzene rings is 2. The van der Waals surface area contributed by atoms with Gasteiger partial charge in [0.2, 0.25) is 0 Å². The molecule has 0 spiro atoms. The van der Waals surface area contributed by atoms with E-state index in [2.05, 4.69) is 67.7 Å². The molecule has 2 aromatic rings. The number of hydrogen-bond donors (Lipinski definition) is 1. The maximum atomic E-state index is 5.56. The highest BCUT2D eigenvalue weighted by molar-refractivity contribution is 5.52. The third-order valence-corrected chi connectivity index (χ3v) is 4.25. The molecule has 1 atom stereocenters. The van der Waals surface area contributed by atoms with Gasteiger partial charge in [0.1, 0.15) is 5.75 Å². The molecule has 1 aliphatic rings. The first-order chi connectivity index (χ1) is 10.2. The molecule has 0 radical (unpaired) electrons. The van der Waals surface area contributed by atoms with Gasteiger partial charge in [0.25, 0.3) is 0 Å². The third kappa shape index (κ3) is 3.21. The monoisotopic (exact) mass is 281 g/mol. The van der Waals surface area contributed by atoms with Gasteiger partial charge in [-0.25, -0.2) is 0 Å². The van der Waals surface area contributed by atoms with E-state index in [1.54, 1.807) is 0 Å². The molecular weight excluding hydrogens is 258 g/mol. The Kier molecular flexibility index (Phi) is 4.14. The van der Waals surface area contributed by atoms with Gasteiger partial charge in [0.05, 0.1) is 6.61 Å². The van der Waals surface area contributed by atoms with Crippen LogP contribution >= 0.6 is 0 Å². The standard InChI is InChI=1S/C19H23NO/c1-14(2)18(15-6-4-3-5-7-15)13-20-17-8-9-19-16(12-17)10-11-21-19/h3-9,12,14,18,20H,10-11,13H2,1-2H3. The van der Waals surface area contributed by atoms with Crippen molar-refractivity contribution >= 4 is 5.69 Å². The Morgan fingerprint density at radius 3 is 2.67 bits per heavy atom. The van der Waals surface area contributed by atoms with Crippen molar-refractivity contribution < 1.29 is 4.74 Å². The van der Waals surface area contributed by atoms with Gasteiger partial charge >= 0.3 is 0 Å². The van der Waals surface area contributed by atoms with Crippen LogP contribution in [0.15, 0.2) is 48.5 Å². The zero-order valence-electron chi connectivity index (χ0n) is 12.8. The summed E-state index contributed by atoms with van der Waals surface area (Å²) in [5.74, 6) is 2.18.